The van der Waals surface area contributed by atoms with Gasteiger partial charge in [-0.3, -0.25) is 4.79 Å². The monoisotopic (exact) mass is 277 g/mol. The quantitative estimate of drug-likeness (QED) is 0.858. The van der Waals surface area contributed by atoms with Gasteiger partial charge in [0, 0.05) is 11.6 Å². The molecular formula is C11H13F2NO3S. The van der Waals surface area contributed by atoms with Crippen LogP contribution < -0.4 is 4.72 Å². The largest absolute Gasteiger partial charge is 0.298 e. The van der Waals surface area contributed by atoms with E-state index in [4.69, 9.17) is 0 Å². The summed E-state index contributed by atoms with van der Waals surface area (Å²) in [6, 6.07) is 1.05. The number of benzene rings is 1. The smallest absolute Gasteiger partial charge is 0.243 e. The fraction of sp³-hybridized carbons (Fsp3) is 0.364. The normalized spacial score (nSPS) is 12.5. The molecule has 1 aromatic rings. The molecule has 0 unspecified atom stereocenters. The lowest BCUT2D eigenvalue weighted by molar-refractivity contribution is 0.111. The minimum Gasteiger partial charge on any atom is -0.298 e. The van der Waals surface area contributed by atoms with Crippen molar-refractivity contribution in [2.75, 3.05) is 0 Å². The molecule has 7 heteroatoms. The van der Waals surface area contributed by atoms with Crippen LogP contribution in [0.25, 0.3) is 0 Å². The Balaban J connectivity index is 3.37. The van der Waals surface area contributed by atoms with Crippen LogP contribution in [0.1, 0.15) is 31.1 Å². The second-order valence-corrected chi connectivity index (χ2v) is 6.43. The fourth-order valence-corrected chi connectivity index (χ4v) is 2.81. The number of sulfonamides is 1. The van der Waals surface area contributed by atoms with E-state index < -0.39 is 37.7 Å². The maximum absolute atomic E-state index is 13.5. The Labute approximate surface area is 104 Å². The third-order valence-corrected chi connectivity index (χ3v) is 3.68. The van der Waals surface area contributed by atoms with Crippen LogP contribution in [-0.2, 0) is 10.0 Å². The molecule has 1 rings (SSSR count). The number of nitrogens with one attached hydrogen (secondary N) is 1. The van der Waals surface area contributed by atoms with Gasteiger partial charge in [-0.1, -0.05) is 0 Å². The van der Waals surface area contributed by atoms with Crippen molar-refractivity contribution in [2.24, 2.45) is 0 Å². The highest BCUT2D eigenvalue weighted by molar-refractivity contribution is 7.89. The van der Waals surface area contributed by atoms with Crippen molar-refractivity contribution < 1.29 is 22.0 Å². The van der Waals surface area contributed by atoms with E-state index in [0.29, 0.717) is 12.1 Å². The van der Waals surface area contributed by atoms with E-state index in [1.807, 2.05) is 0 Å². The van der Waals surface area contributed by atoms with Crippen molar-refractivity contribution in [3.05, 3.63) is 29.3 Å². The molecular weight excluding hydrogens is 264 g/mol. The van der Waals surface area contributed by atoms with E-state index in [2.05, 4.69) is 4.72 Å². The first kappa shape index (κ1) is 14.7. The van der Waals surface area contributed by atoms with Crippen LogP contribution in [0.5, 0.6) is 0 Å². The van der Waals surface area contributed by atoms with E-state index in [1.54, 1.807) is 20.8 Å². The summed E-state index contributed by atoms with van der Waals surface area (Å²) < 4.78 is 52.5. The van der Waals surface area contributed by atoms with Crippen molar-refractivity contribution in [1.29, 1.82) is 0 Å². The average molecular weight is 277 g/mol. The molecule has 0 saturated carbocycles. The SMILES string of the molecule is CC(C)(C)NS(=O)(=O)c1cc(C=O)c(F)cc1F. The van der Waals surface area contributed by atoms with E-state index in [1.165, 1.54) is 0 Å². The second kappa shape index (κ2) is 4.74. The number of carbonyl (C=O) groups is 1. The zero-order valence-corrected chi connectivity index (χ0v) is 10.9. The molecule has 1 aromatic carbocycles. The Hall–Kier alpha value is -1.34. The van der Waals surface area contributed by atoms with Crippen LogP contribution >= 0.6 is 0 Å². The van der Waals surface area contributed by atoms with Crippen LogP contribution in [-0.4, -0.2) is 20.2 Å². The molecule has 0 amide bonds. The Bertz CT molecular complexity index is 577. The van der Waals surface area contributed by atoms with Gasteiger partial charge in [0.25, 0.3) is 0 Å². The molecule has 1 N–H and O–H groups in total. The van der Waals surface area contributed by atoms with Gasteiger partial charge >= 0.3 is 0 Å². The van der Waals surface area contributed by atoms with Crippen LogP contribution in [0.3, 0.4) is 0 Å². The first-order valence-corrected chi connectivity index (χ1v) is 6.53. The maximum atomic E-state index is 13.5. The van der Waals surface area contributed by atoms with Crippen molar-refractivity contribution in [3.8, 4) is 0 Å². The Morgan fingerprint density at radius 3 is 2.17 bits per heavy atom. The van der Waals surface area contributed by atoms with Gasteiger partial charge in [0.2, 0.25) is 10.0 Å². The highest BCUT2D eigenvalue weighted by atomic mass is 32.2. The molecule has 0 fully saturated rings. The number of rotatable bonds is 3. The molecule has 0 saturated heterocycles. The summed E-state index contributed by atoms with van der Waals surface area (Å²) in [6.07, 6.45) is 0.130. The summed E-state index contributed by atoms with van der Waals surface area (Å²) in [7, 11) is -4.15. The van der Waals surface area contributed by atoms with Crippen molar-refractivity contribution in [3.63, 3.8) is 0 Å². The lowest BCUT2D eigenvalue weighted by atomic mass is 10.1. The van der Waals surface area contributed by atoms with E-state index in [9.17, 15) is 22.0 Å². The number of hydrogen-bond acceptors (Lipinski definition) is 3. The minimum atomic E-state index is -4.15. The minimum absolute atomic E-state index is 0.130. The highest BCUT2D eigenvalue weighted by Crippen LogP contribution is 2.20. The van der Waals surface area contributed by atoms with Gasteiger partial charge in [-0.05, 0) is 26.8 Å². The first-order chi connectivity index (χ1) is 8.07. The zero-order valence-electron chi connectivity index (χ0n) is 10.1. The predicted octanol–water partition coefficient (Wildman–Crippen LogP) is 1.85. The molecule has 4 nitrogen and oxygen atoms in total. The van der Waals surface area contributed by atoms with Gasteiger partial charge in [0.15, 0.2) is 6.29 Å². The summed E-state index contributed by atoms with van der Waals surface area (Å²) in [5.74, 6) is -2.34. The summed E-state index contributed by atoms with van der Waals surface area (Å²) in [4.78, 5) is 9.78. The highest BCUT2D eigenvalue weighted by Gasteiger charge is 2.26. The number of halogens is 2. The molecule has 0 atom stereocenters. The molecule has 18 heavy (non-hydrogen) atoms. The molecule has 0 aliphatic heterocycles. The van der Waals surface area contributed by atoms with Gasteiger partial charge in [0.05, 0.1) is 5.56 Å². The third kappa shape index (κ3) is 3.33. The molecule has 100 valence electrons. The van der Waals surface area contributed by atoms with Crippen molar-refractivity contribution in [1.82, 2.24) is 4.72 Å². The topological polar surface area (TPSA) is 63.2 Å². The molecule has 0 aromatic heterocycles. The van der Waals surface area contributed by atoms with Crippen LogP contribution in [0.2, 0.25) is 0 Å². The number of aldehydes is 1. The van der Waals surface area contributed by atoms with Crippen molar-refractivity contribution in [2.45, 2.75) is 31.2 Å². The summed E-state index contributed by atoms with van der Waals surface area (Å²) in [5, 5.41) is 0. The van der Waals surface area contributed by atoms with Crippen LogP contribution in [0, 0.1) is 11.6 Å². The Kier molecular flexibility index (Phi) is 3.87. The molecule has 0 heterocycles. The van der Waals surface area contributed by atoms with Gasteiger partial charge in [-0.15, -0.1) is 0 Å². The third-order valence-electron chi connectivity index (χ3n) is 1.91. The van der Waals surface area contributed by atoms with E-state index >= 15 is 0 Å². The summed E-state index contributed by atoms with van der Waals surface area (Å²) in [6.45, 7) is 4.73. The van der Waals surface area contributed by atoms with E-state index in [-0.39, 0.29) is 6.29 Å². The van der Waals surface area contributed by atoms with Crippen LogP contribution in [0.4, 0.5) is 8.78 Å². The predicted molar refractivity (Wildman–Crippen MR) is 61.8 cm³/mol. The maximum Gasteiger partial charge on any atom is 0.243 e. The molecule has 0 spiro atoms. The average Bonchev–Trinajstić information content (AvgIpc) is 2.13. The standard InChI is InChI=1S/C11H13F2NO3S/c1-11(2,3)14-18(16,17)10-4-7(6-15)8(12)5-9(10)13/h4-6,14H,1-3H3. The van der Waals surface area contributed by atoms with Gasteiger partial charge in [-0.2, -0.15) is 0 Å². The lowest BCUT2D eigenvalue weighted by Gasteiger charge is -2.20. The Morgan fingerprint density at radius 1 is 1.17 bits per heavy atom. The number of hydrogen-bond donors (Lipinski definition) is 1. The second-order valence-electron chi connectivity index (χ2n) is 4.78. The molecule has 0 aliphatic rings. The molecule has 0 radical (unpaired) electrons. The molecule has 0 aliphatic carbocycles. The van der Waals surface area contributed by atoms with Crippen molar-refractivity contribution >= 4 is 16.3 Å². The molecule has 0 bridgehead atoms. The van der Waals surface area contributed by atoms with E-state index in [0.717, 1.165) is 0 Å². The van der Waals surface area contributed by atoms with Gasteiger partial charge < -0.3 is 0 Å². The van der Waals surface area contributed by atoms with Gasteiger partial charge in [-0.25, -0.2) is 21.9 Å². The first-order valence-electron chi connectivity index (χ1n) is 5.05. The summed E-state index contributed by atoms with van der Waals surface area (Å²) >= 11 is 0. The lowest BCUT2D eigenvalue weighted by Crippen LogP contribution is -2.40. The van der Waals surface area contributed by atoms with Gasteiger partial charge in [0.1, 0.15) is 16.5 Å². The number of carbonyl (C=O) groups excluding carboxylic acids is 1. The van der Waals surface area contributed by atoms with Crippen LogP contribution in [0.15, 0.2) is 17.0 Å². The zero-order chi connectivity index (χ0) is 14.1. The Morgan fingerprint density at radius 2 is 1.72 bits per heavy atom. The fourth-order valence-electron chi connectivity index (χ4n) is 1.30. The summed E-state index contributed by atoms with van der Waals surface area (Å²) in [5.41, 5.74) is -1.33.